The molecule has 0 heterocycles. The first-order valence-corrected chi connectivity index (χ1v) is 5.29. The Hall–Kier alpha value is -1.03. The Morgan fingerprint density at radius 3 is 2.38 bits per heavy atom. The predicted octanol–water partition coefficient (Wildman–Crippen LogP) is 3.08. The van der Waals surface area contributed by atoms with E-state index >= 15 is 0 Å². The lowest BCUT2D eigenvalue weighted by atomic mass is 10.0. The van der Waals surface area contributed by atoms with Crippen LogP contribution < -0.4 is 5.32 Å². The van der Waals surface area contributed by atoms with E-state index in [-0.39, 0.29) is 6.42 Å². The third-order valence-corrected chi connectivity index (χ3v) is 2.53. The van der Waals surface area contributed by atoms with Crippen molar-refractivity contribution in [3.8, 4) is 0 Å². The molecule has 0 saturated carbocycles. The summed E-state index contributed by atoms with van der Waals surface area (Å²) in [7, 11) is 0. The van der Waals surface area contributed by atoms with Gasteiger partial charge in [0.1, 0.15) is 6.04 Å². The molecule has 0 fully saturated rings. The number of hydrogen-bond acceptors (Lipinski definition) is 1. The van der Waals surface area contributed by atoms with Gasteiger partial charge in [-0.2, -0.15) is 13.2 Å². The number of halogens is 3. The average Bonchev–Trinajstić information content (AvgIpc) is 2.19. The SMILES string of the molecule is CCNC(Cc1ccccc1C)C(F)(F)F. The minimum absolute atomic E-state index is 0.00991. The standard InChI is InChI=1S/C12H16F3N/c1-3-16-11(12(13,14)15)8-10-7-5-4-6-9(10)2/h4-7,11,16H,3,8H2,1-2H3. The minimum atomic E-state index is -4.20. The van der Waals surface area contributed by atoms with Gasteiger partial charge in [-0.3, -0.25) is 0 Å². The molecule has 16 heavy (non-hydrogen) atoms. The smallest absolute Gasteiger partial charge is 0.306 e. The summed E-state index contributed by atoms with van der Waals surface area (Å²) in [6, 6.07) is 5.70. The fraction of sp³-hybridized carbons (Fsp3) is 0.500. The van der Waals surface area contributed by atoms with Crippen LogP contribution in [0.4, 0.5) is 13.2 Å². The predicted molar refractivity (Wildman–Crippen MR) is 58.4 cm³/mol. The van der Waals surface area contributed by atoms with Gasteiger partial charge in [0.15, 0.2) is 0 Å². The maximum atomic E-state index is 12.7. The van der Waals surface area contributed by atoms with Gasteiger partial charge in [-0.05, 0) is 31.0 Å². The molecular formula is C12H16F3N. The molecule has 1 atom stereocenters. The summed E-state index contributed by atoms with van der Waals surface area (Å²) in [5.74, 6) is 0. The van der Waals surface area contributed by atoms with Crippen molar-refractivity contribution in [2.75, 3.05) is 6.54 Å². The first kappa shape index (κ1) is 13.0. The number of likely N-dealkylation sites (N-methyl/N-ethyl adjacent to an activating group) is 1. The Morgan fingerprint density at radius 2 is 1.88 bits per heavy atom. The Bertz CT molecular complexity index is 333. The highest BCUT2D eigenvalue weighted by atomic mass is 19.4. The molecule has 1 nitrogen and oxygen atoms in total. The molecule has 0 aliphatic carbocycles. The molecule has 1 aromatic carbocycles. The quantitative estimate of drug-likeness (QED) is 0.839. The average molecular weight is 231 g/mol. The van der Waals surface area contributed by atoms with E-state index in [4.69, 9.17) is 0 Å². The fourth-order valence-electron chi connectivity index (χ4n) is 1.61. The molecule has 1 unspecified atom stereocenters. The van der Waals surface area contributed by atoms with E-state index in [0.717, 1.165) is 11.1 Å². The summed E-state index contributed by atoms with van der Waals surface area (Å²) < 4.78 is 38.0. The molecule has 0 aliphatic heterocycles. The summed E-state index contributed by atoms with van der Waals surface area (Å²) in [5.41, 5.74) is 1.64. The molecule has 0 saturated heterocycles. The van der Waals surface area contributed by atoms with Crippen LogP contribution in [0.1, 0.15) is 18.1 Å². The summed E-state index contributed by atoms with van der Waals surface area (Å²) in [5, 5.41) is 2.47. The highest BCUT2D eigenvalue weighted by Crippen LogP contribution is 2.24. The molecule has 0 radical (unpaired) electrons. The second kappa shape index (κ2) is 5.34. The van der Waals surface area contributed by atoms with Crippen molar-refractivity contribution < 1.29 is 13.2 Å². The number of aryl methyl sites for hydroxylation is 1. The molecule has 90 valence electrons. The number of nitrogens with one attached hydrogen (secondary N) is 1. The van der Waals surface area contributed by atoms with Crippen molar-refractivity contribution >= 4 is 0 Å². The van der Waals surface area contributed by atoms with E-state index in [1.165, 1.54) is 0 Å². The number of alkyl halides is 3. The van der Waals surface area contributed by atoms with Crippen LogP contribution in [0.3, 0.4) is 0 Å². The number of rotatable bonds is 4. The van der Waals surface area contributed by atoms with Gasteiger partial charge < -0.3 is 5.32 Å². The van der Waals surface area contributed by atoms with Gasteiger partial charge in [0.2, 0.25) is 0 Å². The van der Waals surface area contributed by atoms with Gasteiger partial charge in [0.25, 0.3) is 0 Å². The lowest BCUT2D eigenvalue weighted by Crippen LogP contribution is -2.43. The third-order valence-electron chi connectivity index (χ3n) is 2.53. The van der Waals surface area contributed by atoms with Crippen LogP contribution in [-0.2, 0) is 6.42 Å². The second-order valence-electron chi connectivity index (χ2n) is 3.78. The Balaban J connectivity index is 2.80. The van der Waals surface area contributed by atoms with Crippen LogP contribution in [0.5, 0.6) is 0 Å². The number of benzene rings is 1. The maximum Gasteiger partial charge on any atom is 0.404 e. The zero-order valence-electron chi connectivity index (χ0n) is 9.43. The van der Waals surface area contributed by atoms with Crippen molar-refractivity contribution in [3.63, 3.8) is 0 Å². The molecule has 1 N–H and O–H groups in total. The van der Waals surface area contributed by atoms with Crippen LogP contribution >= 0.6 is 0 Å². The zero-order valence-corrected chi connectivity index (χ0v) is 9.43. The molecule has 0 aliphatic rings. The largest absolute Gasteiger partial charge is 0.404 e. The minimum Gasteiger partial charge on any atom is -0.306 e. The fourth-order valence-corrected chi connectivity index (χ4v) is 1.61. The second-order valence-corrected chi connectivity index (χ2v) is 3.78. The van der Waals surface area contributed by atoms with Gasteiger partial charge >= 0.3 is 6.18 Å². The van der Waals surface area contributed by atoms with Gasteiger partial charge in [-0.25, -0.2) is 0 Å². The van der Waals surface area contributed by atoms with E-state index in [9.17, 15) is 13.2 Å². The van der Waals surface area contributed by atoms with Crippen LogP contribution in [0.2, 0.25) is 0 Å². The maximum absolute atomic E-state index is 12.7. The van der Waals surface area contributed by atoms with E-state index in [1.54, 1.807) is 19.1 Å². The monoisotopic (exact) mass is 231 g/mol. The summed E-state index contributed by atoms with van der Waals surface area (Å²) >= 11 is 0. The third kappa shape index (κ3) is 3.52. The number of hydrogen-bond donors (Lipinski definition) is 1. The van der Waals surface area contributed by atoms with E-state index in [1.807, 2.05) is 19.1 Å². The van der Waals surface area contributed by atoms with Gasteiger partial charge in [0, 0.05) is 0 Å². The molecule has 1 aromatic rings. The normalized spacial score (nSPS) is 13.8. The van der Waals surface area contributed by atoms with Crippen molar-refractivity contribution in [1.29, 1.82) is 0 Å². The Morgan fingerprint density at radius 1 is 1.25 bits per heavy atom. The topological polar surface area (TPSA) is 12.0 Å². The highest BCUT2D eigenvalue weighted by Gasteiger charge is 2.38. The van der Waals surface area contributed by atoms with E-state index in [0.29, 0.717) is 6.54 Å². The van der Waals surface area contributed by atoms with Crippen molar-refractivity contribution in [2.24, 2.45) is 0 Å². The van der Waals surface area contributed by atoms with Crippen molar-refractivity contribution in [1.82, 2.24) is 5.32 Å². The lowest BCUT2D eigenvalue weighted by molar-refractivity contribution is -0.155. The van der Waals surface area contributed by atoms with E-state index < -0.39 is 12.2 Å². The Labute approximate surface area is 93.7 Å². The van der Waals surface area contributed by atoms with Gasteiger partial charge in [-0.1, -0.05) is 31.2 Å². The summed E-state index contributed by atoms with van der Waals surface area (Å²) in [6.07, 6.45) is -4.21. The highest BCUT2D eigenvalue weighted by molar-refractivity contribution is 5.26. The van der Waals surface area contributed by atoms with Crippen LogP contribution in [0.25, 0.3) is 0 Å². The van der Waals surface area contributed by atoms with E-state index in [2.05, 4.69) is 5.32 Å². The first-order valence-electron chi connectivity index (χ1n) is 5.29. The molecule has 0 amide bonds. The Kier molecular flexibility index (Phi) is 4.35. The molecule has 1 rings (SSSR count). The van der Waals surface area contributed by atoms with Crippen molar-refractivity contribution in [2.45, 2.75) is 32.5 Å². The summed E-state index contributed by atoms with van der Waals surface area (Å²) in [4.78, 5) is 0. The summed E-state index contributed by atoms with van der Waals surface area (Å²) in [6.45, 7) is 3.82. The van der Waals surface area contributed by atoms with Crippen molar-refractivity contribution in [3.05, 3.63) is 35.4 Å². The van der Waals surface area contributed by atoms with Crippen LogP contribution in [-0.4, -0.2) is 18.8 Å². The van der Waals surface area contributed by atoms with Crippen LogP contribution in [0.15, 0.2) is 24.3 Å². The zero-order chi connectivity index (χ0) is 12.2. The molecule has 0 bridgehead atoms. The van der Waals surface area contributed by atoms with Gasteiger partial charge in [0.05, 0.1) is 0 Å². The molecule has 0 spiro atoms. The molecule has 4 heteroatoms. The molecular weight excluding hydrogens is 215 g/mol. The molecule has 0 aromatic heterocycles. The van der Waals surface area contributed by atoms with Crippen LogP contribution in [0, 0.1) is 6.92 Å². The van der Waals surface area contributed by atoms with Gasteiger partial charge in [-0.15, -0.1) is 0 Å². The lowest BCUT2D eigenvalue weighted by Gasteiger charge is -2.21. The first-order chi connectivity index (χ1) is 7.45.